The van der Waals surface area contributed by atoms with Crippen LogP contribution in [0.25, 0.3) is 0 Å². The van der Waals surface area contributed by atoms with Crippen LogP contribution in [0.1, 0.15) is 136 Å². The van der Waals surface area contributed by atoms with Gasteiger partial charge in [-0.25, -0.2) is 0 Å². The van der Waals surface area contributed by atoms with Crippen molar-refractivity contribution >= 4 is 0 Å². The lowest BCUT2D eigenvalue weighted by Crippen LogP contribution is -2.52. The van der Waals surface area contributed by atoms with Crippen LogP contribution in [-0.2, 0) is 0 Å². The summed E-state index contributed by atoms with van der Waals surface area (Å²) in [6.45, 7) is 54.2. The van der Waals surface area contributed by atoms with Crippen molar-refractivity contribution in [1.82, 2.24) is 58.8 Å². The lowest BCUT2D eigenvalue weighted by Gasteiger charge is -2.40. The predicted octanol–water partition coefficient (Wildman–Crippen LogP) is 7.71. The molecular formula is C63H130N12. The summed E-state index contributed by atoms with van der Waals surface area (Å²) in [6, 6.07) is 7.94. The lowest BCUT2D eigenvalue weighted by molar-refractivity contribution is 0.0824. The second-order valence-electron chi connectivity index (χ2n) is 28.7. The first kappa shape index (κ1) is 65.3. The highest BCUT2D eigenvalue weighted by Crippen LogP contribution is 2.40. The zero-order chi connectivity index (χ0) is 53.1. The molecule has 1 spiro atoms. The van der Waals surface area contributed by atoms with Crippen molar-refractivity contribution in [3.05, 3.63) is 0 Å². The first-order chi connectivity index (χ1) is 34.5. The van der Waals surface area contributed by atoms with Gasteiger partial charge in [0, 0.05) is 165 Å². The van der Waals surface area contributed by atoms with Gasteiger partial charge in [-0.2, -0.15) is 0 Å². The molecule has 75 heavy (non-hydrogen) atoms. The highest BCUT2D eigenvalue weighted by molar-refractivity contribution is 5.01. The van der Waals surface area contributed by atoms with Gasteiger partial charge < -0.3 is 39.2 Å². The van der Waals surface area contributed by atoms with Crippen molar-refractivity contribution in [2.45, 2.75) is 197 Å². The van der Waals surface area contributed by atoms with Gasteiger partial charge in [0.15, 0.2) is 0 Å². The second-order valence-corrected chi connectivity index (χ2v) is 28.7. The Kier molecular flexibility index (Phi) is 25.2. The van der Waals surface area contributed by atoms with E-state index in [9.17, 15) is 0 Å². The third kappa shape index (κ3) is 16.8. The number of likely N-dealkylation sites (tertiary alicyclic amines) is 12. The second kappa shape index (κ2) is 29.0. The summed E-state index contributed by atoms with van der Waals surface area (Å²) < 4.78 is 0. The smallest absolute Gasteiger partial charge is 0.0273 e. The van der Waals surface area contributed by atoms with Gasteiger partial charge in [0.2, 0.25) is 0 Å². The van der Waals surface area contributed by atoms with Crippen LogP contribution in [0, 0.1) is 40.9 Å². The summed E-state index contributed by atoms with van der Waals surface area (Å²) in [5.74, 6) is 5.83. The molecule has 0 N–H and O–H groups in total. The molecule has 11 unspecified atom stereocenters. The summed E-state index contributed by atoms with van der Waals surface area (Å²) in [7, 11) is 13.6. The van der Waals surface area contributed by atoms with Crippen molar-refractivity contribution in [2.24, 2.45) is 40.9 Å². The number of rotatable bonds is 6. The van der Waals surface area contributed by atoms with Gasteiger partial charge in [-0.1, -0.05) is 14.9 Å². The Bertz CT molecular complexity index is 1610. The zero-order valence-electron chi connectivity index (χ0n) is 51.5. The molecule has 0 aromatic rings. The largest absolute Gasteiger partial charge is 0.306 e. The fraction of sp³-hybridized carbons (Fsp3) is 1.00. The van der Waals surface area contributed by atoms with Crippen LogP contribution in [0.15, 0.2) is 0 Å². The molecular weight excluding hydrogens is 925 g/mol. The molecule has 12 fully saturated rings. The Balaban J connectivity index is 0.000000166. The number of hydrogen-bond acceptors (Lipinski definition) is 12. The molecule has 12 aliphatic rings. The quantitative estimate of drug-likeness (QED) is 0.262. The van der Waals surface area contributed by atoms with E-state index in [0.29, 0.717) is 5.41 Å². The van der Waals surface area contributed by atoms with E-state index in [1.165, 1.54) is 169 Å². The van der Waals surface area contributed by atoms with Crippen LogP contribution in [0.2, 0.25) is 0 Å². The zero-order valence-corrected chi connectivity index (χ0v) is 51.5. The Hall–Kier alpha value is -0.480. The average Bonchev–Trinajstić information content (AvgIpc) is 4.16. The van der Waals surface area contributed by atoms with Gasteiger partial charge >= 0.3 is 0 Å². The molecule has 12 heteroatoms. The summed E-state index contributed by atoms with van der Waals surface area (Å²) >= 11 is 0. The first-order valence-corrected chi connectivity index (χ1v) is 31.1. The average molecular weight is 1060 g/mol. The van der Waals surface area contributed by atoms with Crippen molar-refractivity contribution in [2.75, 3.05) is 173 Å². The van der Waals surface area contributed by atoms with Gasteiger partial charge in [-0.3, -0.25) is 19.6 Å². The lowest BCUT2D eigenvalue weighted by atomic mass is 9.86. The topological polar surface area (TPSA) is 38.9 Å². The minimum absolute atomic E-state index is 0. The molecule has 0 aliphatic carbocycles. The Morgan fingerprint density at radius 3 is 1.17 bits per heavy atom. The van der Waals surface area contributed by atoms with Crippen LogP contribution in [-0.4, -0.2) is 292 Å². The van der Waals surface area contributed by atoms with E-state index in [-0.39, 0.29) is 14.9 Å². The monoisotopic (exact) mass is 1060 g/mol. The third-order valence-electron chi connectivity index (χ3n) is 21.3. The highest BCUT2D eigenvalue weighted by atomic mass is 15.3. The molecule has 0 aromatic heterocycles. The molecule has 0 amide bonds. The minimum Gasteiger partial charge on any atom is -0.306 e. The van der Waals surface area contributed by atoms with Crippen molar-refractivity contribution in [3.63, 3.8) is 0 Å². The summed E-state index contributed by atoms with van der Waals surface area (Å²) in [4.78, 5) is 30.8. The van der Waals surface area contributed by atoms with Crippen LogP contribution in [0.5, 0.6) is 0 Å². The number of hydrogen-bond donors (Lipinski definition) is 0. The molecule has 12 nitrogen and oxygen atoms in total. The maximum absolute atomic E-state index is 2.67. The van der Waals surface area contributed by atoms with Crippen LogP contribution in [0.3, 0.4) is 0 Å². The first-order valence-electron chi connectivity index (χ1n) is 31.1. The predicted molar refractivity (Wildman–Crippen MR) is 325 cm³/mol. The molecule has 0 radical (unpaired) electrons. The molecule has 442 valence electrons. The molecule has 12 heterocycles. The van der Waals surface area contributed by atoms with Crippen LogP contribution in [0.4, 0.5) is 0 Å². The number of fused-ring (bicyclic) bond motifs is 5. The molecule has 11 atom stereocenters. The van der Waals surface area contributed by atoms with Crippen LogP contribution >= 0.6 is 0 Å². The van der Waals surface area contributed by atoms with Gasteiger partial charge in [-0.05, 0) is 232 Å². The highest BCUT2D eigenvalue weighted by Gasteiger charge is 2.46. The van der Waals surface area contributed by atoms with Gasteiger partial charge in [0.05, 0.1) is 0 Å². The van der Waals surface area contributed by atoms with Crippen LogP contribution < -0.4 is 0 Å². The fourth-order valence-corrected chi connectivity index (χ4v) is 16.3. The Morgan fingerprint density at radius 1 is 0.307 bits per heavy atom. The number of piperidine rings is 1. The van der Waals surface area contributed by atoms with Crippen molar-refractivity contribution in [1.29, 1.82) is 0 Å². The number of likely N-dealkylation sites (N-methyl/N-ethyl adjacent to an activating group) is 4. The minimum atomic E-state index is 0. The van der Waals surface area contributed by atoms with E-state index < -0.39 is 0 Å². The fourth-order valence-electron chi connectivity index (χ4n) is 16.3. The normalized spacial score (nSPS) is 36.8. The van der Waals surface area contributed by atoms with E-state index in [4.69, 9.17) is 0 Å². The van der Waals surface area contributed by atoms with E-state index >= 15 is 0 Å². The molecule has 0 bridgehead atoms. The maximum Gasteiger partial charge on any atom is 0.0273 e. The van der Waals surface area contributed by atoms with Gasteiger partial charge in [-0.15, -0.1) is 0 Å². The van der Waals surface area contributed by atoms with E-state index in [1.54, 1.807) is 0 Å². The van der Waals surface area contributed by atoms with E-state index in [0.717, 1.165) is 95.9 Å². The Morgan fingerprint density at radius 2 is 0.720 bits per heavy atom. The summed E-state index contributed by atoms with van der Waals surface area (Å²) in [6.07, 6.45) is 8.56. The van der Waals surface area contributed by atoms with E-state index in [2.05, 4.69) is 184 Å². The standard InChI is InChI=1S/2C11H22N2.3C10H20N2.C9H18N2.2CH4/c1-10(2)13-7-5-11(9-13)4-6-12(3)8-11;1-9(2)13-7-10-5-4-6-12(3)11(10)8-13;1-8(2)12-6-9-4-11(3)5-10(9)7-12;1-8(2)12-5-4-9-6-11(3)7-10(9)12;1-8(2)12-6-9-4-5-11(3)10(9)7-12;1-7(2)11-5-8-4-10(3)9(8)6-11;;/h10H,4-9H2,1-3H3;9-11H,4-8H2,1-3H3;3*8-10H,4-7H2,1-3H3;7-9H,4-6H2,1-3H3;2*1H4. The molecule has 0 aromatic carbocycles. The molecule has 12 saturated heterocycles. The van der Waals surface area contributed by atoms with Gasteiger partial charge in [0.25, 0.3) is 0 Å². The summed E-state index contributed by atoms with van der Waals surface area (Å²) in [5.41, 5.74) is 0.666. The third-order valence-corrected chi connectivity index (χ3v) is 21.3. The molecule has 0 saturated carbocycles. The van der Waals surface area contributed by atoms with Crippen molar-refractivity contribution < 1.29 is 0 Å². The number of nitrogens with zero attached hydrogens (tertiary/aromatic N) is 12. The summed E-state index contributed by atoms with van der Waals surface area (Å²) in [5, 5.41) is 0. The SMILES string of the molecule is C.C.CC(C)N1CC2CCCN(C)C2C1.CC(C)N1CC2CCN(C)C2C1.CC(C)N1CC2CN(C)C2C1.CC(C)N1CC2CN(C)CC2C1.CC(C)N1CCC2(CCN(C)C2)C1.CC(C)N1CCC2CN(C)CC21. The molecule has 12 rings (SSSR count). The molecule has 12 aliphatic heterocycles. The Labute approximate surface area is 467 Å². The van der Waals surface area contributed by atoms with Crippen molar-refractivity contribution in [3.8, 4) is 0 Å². The van der Waals surface area contributed by atoms with E-state index in [1.807, 2.05) is 0 Å². The van der Waals surface area contributed by atoms with Gasteiger partial charge in [0.1, 0.15) is 0 Å². The maximum atomic E-state index is 2.67.